The van der Waals surface area contributed by atoms with Gasteiger partial charge in [0.25, 0.3) is 0 Å². The van der Waals surface area contributed by atoms with E-state index in [1.807, 2.05) is 0 Å². The normalized spacial score (nSPS) is 15.0. The number of nitrogens with one attached hydrogen (secondary N) is 1. The van der Waals surface area contributed by atoms with Crippen molar-refractivity contribution < 1.29 is 112 Å². The molecule has 0 radical (unpaired) electrons. The molecule has 0 unspecified atom stereocenters. The van der Waals surface area contributed by atoms with Crippen LogP contribution < -0.4 is 14.8 Å². The summed E-state index contributed by atoms with van der Waals surface area (Å²) in [4.78, 5) is 24.9. The topological polar surface area (TPSA) is 102 Å². The zero-order valence-electron chi connectivity index (χ0n) is 39.8. The van der Waals surface area contributed by atoms with Crippen LogP contribution in [0.15, 0.2) is 72.3 Å². The van der Waals surface area contributed by atoms with Crippen molar-refractivity contribution in [2.45, 2.75) is 138 Å². The van der Waals surface area contributed by atoms with E-state index in [0.717, 1.165) is 0 Å². The number of alkyl halides is 17. The van der Waals surface area contributed by atoms with Crippen molar-refractivity contribution in [3.05, 3.63) is 77.9 Å². The number of amides is 1. The number of ether oxygens (including phenoxy) is 5. The molecule has 2 atom stereocenters. The van der Waals surface area contributed by atoms with Gasteiger partial charge in [0.05, 0.1) is 26.4 Å². The van der Waals surface area contributed by atoms with Crippen LogP contribution in [0.1, 0.15) is 72.5 Å². The Balaban J connectivity index is 2.33. The number of allylic oxidation sites excluding steroid dienone is 3. The van der Waals surface area contributed by atoms with Gasteiger partial charge in [-0.3, -0.25) is 5.32 Å². The Bertz CT molecular complexity index is 2110. The van der Waals surface area contributed by atoms with Gasteiger partial charge < -0.3 is 28.1 Å². The average Bonchev–Trinajstić information content (AvgIpc) is 3.27. The number of benzene rings is 2. The Morgan fingerprint density at radius 1 is 0.681 bits per heavy atom. The number of hydrogen-bond donors (Lipinski definition) is 1. The molecule has 0 saturated carbocycles. The fourth-order valence-electron chi connectivity index (χ4n) is 7.14. The van der Waals surface area contributed by atoms with Gasteiger partial charge in [-0.1, -0.05) is 52.0 Å². The van der Waals surface area contributed by atoms with E-state index in [1.165, 1.54) is 72.3 Å². The molecule has 1 N–H and O–H groups in total. The first-order chi connectivity index (χ1) is 32.9. The zero-order chi connectivity index (χ0) is 55.5. The predicted octanol–water partition coefficient (Wildman–Crippen LogP) is 14.4. The molecular formula is C45H54F17NO8Si. The lowest BCUT2D eigenvalue weighted by Crippen LogP contribution is -2.74. The third-order valence-corrected chi connectivity index (χ3v) is 17.0. The summed E-state index contributed by atoms with van der Waals surface area (Å²) in [6, 6.07) is 10.7. The van der Waals surface area contributed by atoms with E-state index in [0.29, 0.717) is 29.0 Å². The van der Waals surface area contributed by atoms with Crippen LogP contribution in [0.5, 0.6) is 11.5 Å². The first kappa shape index (κ1) is 63.3. The number of rotatable bonds is 28. The lowest BCUT2D eigenvalue weighted by atomic mass is 9.88. The van der Waals surface area contributed by atoms with Crippen molar-refractivity contribution in [2.75, 3.05) is 39.4 Å². The van der Waals surface area contributed by atoms with Crippen LogP contribution in [0.4, 0.5) is 85.1 Å². The Kier molecular flexibility index (Phi) is 21.5. The Morgan fingerprint density at radius 3 is 1.65 bits per heavy atom. The summed E-state index contributed by atoms with van der Waals surface area (Å²) in [6.45, 7) is 7.81. The van der Waals surface area contributed by atoms with E-state index >= 15 is 8.78 Å². The molecule has 0 aliphatic carbocycles. The highest BCUT2D eigenvalue weighted by Crippen LogP contribution is 2.64. The maximum Gasteiger partial charge on any atom is 0.460 e. The molecule has 0 spiro atoms. The molecule has 0 aliphatic rings. The standard InChI is InChI=1S/C45H54F17NO8Si/c1-9-68-35(64)26-29(6)12-10-11-13-34(67-8)36(71-37(65)63-31-16-20-32(66-7)21-17-31)30-14-18-33(19-15-30)69-23-24-70-72(27(2)3,28(4)5)25-22-38(46,47)39(48,49)40(50,51)41(52,53)42(54,55)43(56,57)44(58,59)45(60,61)62/h10,12,14-21,26-28,34,36H,9,11,13,22-25H2,1-8H3,(H,63,65)/b12-10+,29-26+/t34-,36-/m0/s1. The van der Waals surface area contributed by atoms with Crippen molar-refractivity contribution in [3.8, 4) is 11.5 Å². The van der Waals surface area contributed by atoms with Gasteiger partial charge in [0, 0.05) is 25.3 Å². The fourth-order valence-corrected chi connectivity index (χ4v) is 11.6. The van der Waals surface area contributed by atoms with E-state index in [9.17, 15) is 75.4 Å². The molecular weight excluding hydrogens is 1030 g/mol. The number of hydrogen-bond acceptors (Lipinski definition) is 8. The molecule has 0 heterocycles. The highest BCUT2D eigenvalue weighted by molar-refractivity contribution is 6.76. The summed E-state index contributed by atoms with van der Waals surface area (Å²) in [5.74, 6) is -56.8. The third-order valence-electron chi connectivity index (χ3n) is 11.3. The van der Waals surface area contributed by atoms with Crippen LogP contribution in [0.25, 0.3) is 0 Å². The van der Waals surface area contributed by atoms with Gasteiger partial charge in [0.1, 0.15) is 18.1 Å². The lowest BCUT2D eigenvalue weighted by molar-refractivity contribution is -0.461. The van der Waals surface area contributed by atoms with Crippen LogP contribution in [-0.2, 0) is 23.4 Å². The van der Waals surface area contributed by atoms with E-state index in [1.54, 1.807) is 50.3 Å². The maximum atomic E-state index is 15.1. The van der Waals surface area contributed by atoms with Crippen molar-refractivity contribution in [1.82, 2.24) is 0 Å². The summed E-state index contributed by atoms with van der Waals surface area (Å²) in [5.41, 5.74) is -0.484. The largest absolute Gasteiger partial charge is 0.497 e. The smallest absolute Gasteiger partial charge is 0.460 e. The molecule has 2 aromatic carbocycles. The first-order valence-corrected chi connectivity index (χ1v) is 23.9. The van der Waals surface area contributed by atoms with Crippen LogP contribution >= 0.6 is 0 Å². The molecule has 27 heteroatoms. The second-order valence-electron chi connectivity index (χ2n) is 16.8. The van der Waals surface area contributed by atoms with Crippen molar-refractivity contribution in [3.63, 3.8) is 0 Å². The SMILES string of the molecule is CCOC(=O)/C=C(C)/C=C/CC[C@H](OC)[C@@H](OC(=O)Nc1ccc(OC)cc1)c1ccc(OCCO[Si](CCC(F)(F)C(F)(F)C(F)(F)C(F)(F)C(F)(F)C(F)(F)C(F)(F)C(F)(F)F)(C(C)C)C(C)C)cc1. The maximum absolute atomic E-state index is 15.1. The summed E-state index contributed by atoms with van der Waals surface area (Å²) in [6.07, 6.45) is -7.81. The fraction of sp³-hybridized carbons (Fsp3) is 0.600. The number of carbonyl (C=O) groups is 2. The highest BCUT2D eigenvalue weighted by Gasteiger charge is 2.95. The van der Waals surface area contributed by atoms with E-state index in [-0.39, 0.29) is 18.8 Å². The van der Waals surface area contributed by atoms with Crippen LogP contribution in [0.2, 0.25) is 17.1 Å². The molecule has 410 valence electrons. The van der Waals surface area contributed by atoms with Crippen molar-refractivity contribution in [2.24, 2.45) is 0 Å². The van der Waals surface area contributed by atoms with Gasteiger partial charge in [0.15, 0.2) is 14.4 Å². The molecule has 2 rings (SSSR count). The van der Waals surface area contributed by atoms with E-state index < -0.39 is 117 Å². The van der Waals surface area contributed by atoms with Crippen LogP contribution in [-0.4, -0.2) is 108 Å². The molecule has 0 bridgehead atoms. The van der Waals surface area contributed by atoms with Gasteiger partial charge in [-0.2, -0.15) is 74.6 Å². The minimum atomic E-state index is -8.71. The number of esters is 1. The van der Waals surface area contributed by atoms with Crippen molar-refractivity contribution in [1.29, 1.82) is 0 Å². The van der Waals surface area contributed by atoms with Crippen molar-refractivity contribution >= 4 is 26.1 Å². The molecule has 1 amide bonds. The molecule has 0 aromatic heterocycles. The predicted molar refractivity (Wildman–Crippen MR) is 229 cm³/mol. The second-order valence-corrected chi connectivity index (χ2v) is 21.8. The summed E-state index contributed by atoms with van der Waals surface area (Å²) >= 11 is 0. The van der Waals surface area contributed by atoms with E-state index in [2.05, 4.69) is 5.32 Å². The van der Waals surface area contributed by atoms with Gasteiger partial charge in [-0.15, -0.1) is 0 Å². The van der Waals surface area contributed by atoms with Gasteiger partial charge in [-0.05, 0) is 91.4 Å². The molecule has 2 aromatic rings. The quantitative estimate of drug-likeness (QED) is 0.0225. The highest BCUT2D eigenvalue weighted by atomic mass is 28.4. The van der Waals surface area contributed by atoms with Crippen LogP contribution in [0.3, 0.4) is 0 Å². The van der Waals surface area contributed by atoms with E-state index in [4.69, 9.17) is 28.1 Å². The van der Waals surface area contributed by atoms with Gasteiger partial charge >= 0.3 is 59.7 Å². The van der Waals surface area contributed by atoms with Gasteiger partial charge in [-0.25, -0.2) is 9.59 Å². The molecule has 0 aliphatic heterocycles. The summed E-state index contributed by atoms with van der Waals surface area (Å²) < 4.78 is 270. The minimum Gasteiger partial charge on any atom is -0.497 e. The molecule has 72 heavy (non-hydrogen) atoms. The zero-order valence-corrected chi connectivity index (χ0v) is 40.8. The second kappa shape index (κ2) is 24.5. The average molecular weight is 1090 g/mol. The summed E-state index contributed by atoms with van der Waals surface area (Å²) in [5, 5.41) is 2.59. The number of halogens is 17. The Morgan fingerprint density at radius 2 is 1.18 bits per heavy atom. The minimum absolute atomic E-state index is 0.107. The molecule has 0 saturated heterocycles. The number of methoxy groups -OCH3 is 2. The first-order valence-electron chi connectivity index (χ1n) is 21.6. The number of anilines is 1. The van der Waals surface area contributed by atoms with Crippen LogP contribution in [0, 0.1) is 0 Å². The molecule has 9 nitrogen and oxygen atoms in total. The Labute approximate surface area is 404 Å². The Hall–Kier alpha value is -4.79. The summed E-state index contributed by atoms with van der Waals surface area (Å²) in [7, 11) is -1.22. The monoisotopic (exact) mass is 1090 g/mol. The number of carbonyl (C=O) groups excluding carboxylic acids is 2. The lowest BCUT2D eigenvalue weighted by Gasteiger charge is -2.44. The molecule has 0 fully saturated rings. The third kappa shape index (κ3) is 13.9. The van der Waals surface area contributed by atoms with Gasteiger partial charge in [0.2, 0.25) is 0 Å².